The summed E-state index contributed by atoms with van der Waals surface area (Å²) in [7, 11) is -4.68. The lowest BCUT2D eigenvalue weighted by Crippen LogP contribution is -2.14. The van der Waals surface area contributed by atoms with Crippen molar-refractivity contribution in [2.24, 2.45) is 0 Å². The number of carbonyl (C=O) groups is 1. The SMILES string of the molecule is C=CCOC(=O)S(=O)(=O)O. The first-order valence-electron chi connectivity index (χ1n) is 2.23. The first-order valence-corrected chi connectivity index (χ1v) is 3.67. The molecule has 0 amide bonds. The van der Waals surface area contributed by atoms with Gasteiger partial charge in [0.2, 0.25) is 0 Å². The van der Waals surface area contributed by atoms with E-state index < -0.39 is 15.4 Å². The molecule has 0 saturated heterocycles. The molecule has 0 aromatic rings. The van der Waals surface area contributed by atoms with Gasteiger partial charge in [0.15, 0.2) is 0 Å². The second-order valence-corrected chi connectivity index (χ2v) is 2.61. The molecule has 0 fully saturated rings. The van der Waals surface area contributed by atoms with Crippen molar-refractivity contribution >= 4 is 15.4 Å². The maximum Gasteiger partial charge on any atom is 0.452 e. The third kappa shape index (κ3) is 3.21. The van der Waals surface area contributed by atoms with Gasteiger partial charge in [-0.05, 0) is 0 Å². The van der Waals surface area contributed by atoms with Crippen LogP contribution in [0.2, 0.25) is 0 Å². The van der Waals surface area contributed by atoms with Gasteiger partial charge in [-0.15, -0.1) is 0 Å². The molecule has 0 aliphatic carbocycles. The molecule has 6 heteroatoms. The lowest BCUT2D eigenvalue weighted by atomic mass is 10.7. The van der Waals surface area contributed by atoms with Crippen LogP contribution >= 0.6 is 0 Å². The second-order valence-electron chi connectivity index (χ2n) is 1.32. The Morgan fingerprint density at radius 3 is 2.50 bits per heavy atom. The molecule has 58 valence electrons. The summed E-state index contributed by atoms with van der Waals surface area (Å²) in [6, 6.07) is 0. The molecule has 0 aromatic carbocycles. The Labute approximate surface area is 58.0 Å². The predicted molar refractivity (Wildman–Crippen MR) is 33.1 cm³/mol. The molecule has 0 unspecified atom stereocenters. The maximum absolute atomic E-state index is 10.1. The normalized spacial score (nSPS) is 10.5. The van der Waals surface area contributed by atoms with Crippen LogP contribution in [0.25, 0.3) is 0 Å². The zero-order chi connectivity index (χ0) is 8.20. The molecule has 0 aliphatic heterocycles. The van der Waals surface area contributed by atoms with Gasteiger partial charge in [-0.3, -0.25) is 4.55 Å². The summed E-state index contributed by atoms with van der Waals surface area (Å²) in [4.78, 5) is 10.1. The third-order valence-corrected chi connectivity index (χ3v) is 1.07. The van der Waals surface area contributed by atoms with E-state index in [4.69, 9.17) is 4.55 Å². The van der Waals surface area contributed by atoms with Crippen LogP contribution in [0.4, 0.5) is 4.79 Å². The van der Waals surface area contributed by atoms with E-state index in [-0.39, 0.29) is 6.61 Å². The summed E-state index contributed by atoms with van der Waals surface area (Å²) < 4.78 is 31.7. The molecule has 5 nitrogen and oxygen atoms in total. The van der Waals surface area contributed by atoms with Crippen LogP contribution in [0.3, 0.4) is 0 Å². The molecule has 10 heavy (non-hydrogen) atoms. The van der Waals surface area contributed by atoms with E-state index in [0.717, 1.165) is 0 Å². The minimum Gasteiger partial charge on any atom is -0.448 e. The number of hydrogen-bond acceptors (Lipinski definition) is 4. The fourth-order valence-electron chi connectivity index (χ4n) is 0.201. The summed E-state index contributed by atoms with van der Waals surface area (Å²) in [5, 5.41) is -1.66. The molecule has 0 bridgehead atoms. The summed E-state index contributed by atoms with van der Waals surface area (Å²) in [6.45, 7) is 2.92. The molecule has 0 rings (SSSR count). The monoisotopic (exact) mass is 166 g/mol. The van der Waals surface area contributed by atoms with Crippen molar-refractivity contribution in [3.8, 4) is 0 Å². The number of ether oxygens (including phenoxy) is 1. The lowest BCUT2D eigenvalue weighted by molar-refractivity contribution is 0.181. The summed E-state index contributed by atoms with van der Waals surface area (Å²) in [5.41, 5.74) is 0. The zero-order valence-corrected chi connectivity index (χ0v) is 5.80. The zero-order valence-electron chi connectivity index (χ0n) is 4.98. The van der Waals surface area contributed by atoms with E-state index in [2.05, 4.69) is 11.3 Å². The summed E-state index contributed by atoms with van der Waals surface area (Å²) >= 11 is 0. The van der Waals surface area contributed by atoms with Gasteiger partial charge in [0.25, 0.3) is 0 Å². The van der Waals surface area contributed by atoms with Gasteiger partial charge in [-0.2, -0.15) is 8.42 Å². The third-order valence-electron chi connectivity index (χ3n) is 0.530. The largest absolute Gasteiger partial charge is 0.452 e. The van der Waals surface area contributed by atoms with Gasteiger partial charge in [0, 0.05) is 0 Å². The topological polar surface area (TPSA) is 80.7 Å². The van der Waals surface area contributed by atoms with Crippen LogP contribution in [0.5, 0.6) is 0 Å². The molecule has 0 aromatic heterocycles. The molecule has 0 saturated carbocycles. The van der Waals surface area contributed by atoms with Gasteiger partial charge >= 0.3 is 15.4 Å². The van der Waals surface area contributed by atoms with E-state index in [1.54, 1.807) is 0 Å². The highest BCUT2D eigenvalue weighted by atomic mass is 32.2. The fourth-order valence-corrected chi connectivity index (χ4v) is 0.418. The summed E-state index contributed by atoms with van der Waals surface area (Å²) in [5.74, 6) is 0. The fraction of sp³-hybridized carbons (Fsp3) is 0.250. The van der Waals surface area contributed by atoms with E-state index in [1.807, 2.05) is 0 Å². The van der Waals surface area contributed by atoms with Crippen molar-refractivity contribution in [2.75, 3.05) is 6.61 Å². The van der Waals surface area contributed by atoms with Crippen molar-refractivity contribution in [3.05, 3.63) is 12.7 Å². The highest BCUT2D eigenvalue weighted by Crippen LogP contribution is 1.90. The minimum atomic E-state index is -4.68. The molecule has 0 spiro atoms. The summed E-state index contributed by atoms with van der Waals surface area (Å²) in [6.07, 6.45) is 1.18. The quantitative estimate of drug-likeness (QED) is 0.360. The Kier molecular flexibility index (Phi) is 3.04. The average molecular weight is 166 g/mol. The van der Waals surface area contributed by atoms with Gasteiger partial charge in [0.1, 0.15) is 6.61 Å². The Morgan fingerprint density at radius 2 is 2.20 bits per heavy atom. The van der Waals surface area contributed by atoms with E-state index in [1.165, 1.54) is 6.08 Å². The lowest BCUT2D eigenvalue weighted by Gasteiger charge is -1.95. The molecular formula is C4H6O5S. The standard InChI is InChI=1S/C4H6O5S/c1-2-3-9-4(5)10(6,7)8/h2H,1,3H2,(H,6,7,8). The van der Waals surface area contributed by atoms with Crippen molar-refractivity contribution < 1.29 is 22.5 Å². The first-order chi connectivity index (χ1) is 4.48. The van der Waals surface area contributed by atoms with Crippen LogP contribution in [0.15, 0.2) is 12.7 Å². The first kappa shape index (κ1) is 9.12. The Hall–Kier alpha value is -0.880. The van der Waals surface area contributed by atoms with Crippen LogP contribution in [-0.4, -0.2) is 24.9 Å². The van der Waals surface area contributed by atoms with Crippen molar-refractivity contribution in [1.82, 2.24) is 0 Å². The van der Waals surface area contributed by atoms with Crippen LogP contribution in [0, 0.1) is 0 Å². The van der Waals surface area contributed by atoms with Crippen molar-refractivity contribution in [1.29, 1.82) is 0 Å². The smallest absolute Gasteiger partial charge is 0.448 e. The molecule has 0 radical (unpaired) electrons. The Morgan fingerprint density at radius 1 is 1.70 bits per heavy atom. The van der Waals surface area contributed by atoms with E-state index >= 15 is 0 Å². The molecule has 0 aliphatic rings. The second kappa shape index (κ2) is 3.33. The van der Waals surface area contributed by atoms with Gasteiger partial charge in [0.05, 0.1) is 0 Å². The van der Waals surface area contributed by atoms with E-state index in [9.17, 15) is 13.2 Å². The van der Waals surface area contributed by atoms with Gasteiger partial charge in [-0.25, -0.2) is 4.79 Å². The average Bonchev–Trinajstić information content (AvgIpc) is 1.80. The number of rotatable bonds is 2. The van der Waals surface area contributed by atoms with Gasteiger partial charge in [-0.1, -0.05) is 12.7 Å². The van der Waals surface area contributed by atoms with Crippen LogP contribution in [0.1, 0.15) is 0 Å². The number of carbonyl (C=O) groups excluding carboxylic acids is 1. The Balaban J connectivity index is 4.00. The van der Waals surface area contributed by atoms with Crippen molar-refractivity contribution in [2.45, 2.75) is 0 Å². The van der Waals surface area contributed by atoms with E-state index in [0.29, 0.717) is 0 Å². The molecular weight excluding hydrogens is 160 g/mol. The highest BCUT2D eigenvalue weighted by molar-refractivity contribution is 8.00. The van der Waals surface area contributed by atoms with Crippen LogP contribution < -0.4 is 0 Å². The minimum absolute atomic E-state index is 0.237. The number of hydrogen-bond donors (Lipinski definition) is 1. The highest BCUT2D eigenvalue weighted by Gasteiger charge is 2.18. The van der Waals surface area contributed by atoms with Gasteiger partial charge < -0.3 is 4.74 Å². The predicted octanol–water partition coefficient (Wildman–Crippen LogP) is 0.197. The molecule has 0 heterocycles. The van der Waals surface area contributed by atoms with Crippen molar-refractivity contribution in [3.63, 3.8) is 0 Å². The molecule has 0 atom stereocenters. The maximum atomic E-state index is 10.1. The van der Waals surface area contributed by atoms with Crippen LogP contribution in [-0.2, 0) is 14.9 Å². The Bertz CT molecular complexity index is 226. The molecule has 1 N–H and O–H groups in total.